The monoisotopic (exact) mass is 1000 g/mol. The summed E-state index contributed by atoms with van der Waals surface area (Å²) in [6.45, 7) is 16.9. The molecule has 1 aliphatic carbocycles. The van der Waals surface area contributed by atoms with Crippen molar-refractivity contribution in [2.24, 2.45) is 0 Å². The average molecular weight is 1000 g/mol. The Kier molecular flexibility index (Phi) is 8.85. The molecule has 0 fully saturated rings. The smallest absolute Gasteiger partial charge is 0.264 e. The second-order valence-electron chi connectivity index (χ2n) is 23.9. The number of nitrogens with zero attached hydrogens (tertiary/aromatic N) is 4. The molecule has 3 aliphatic heterocycles. The van der Waals surface area contributed by atoms with Crippen LogP contribution in [-0.2, 0) is 16.2 Å². The van der Waals surface area contributed by atoms with Crippen molar-refractivity contribution in [3.8, 4) is 11.4 Å². The van der Waals surface area contributed by atoms with Crippen molar-refractivity contribution in [3.63, 3.8) is 0 Å². The first-order valence-corrected chi connectivity index (χ1v) is 28.4. The van der Waals surface area contributed by atoms with Gasteiger partial charge in [-0.15, -0.1) is 11.3 Å². The number of thiophene rings is 1. The predicted octanol–water partition coefficient (Wildman–Crippen LogP) is 17.3. The Labute approximate surface area is 446 Å². The number of rotatable bonds is 3. The molecule has 75 heavy (non-hydrogen) atoms. The summed E-state index contributed by atoms with van der Waals surface area (Å²) in [4.78, 5) is 7.79. The van der Waals surface area contributed by atoms with Crippen molar-refractivity contribution >= 4 is 133 Å². The lowest BCUT2D eigenvalue weighted by Crippen LogP contribution is -2.59. The third-order valence-electron chi connectivity index (χ3n) is 17.7. The van der Waals surface area contributed by atoms with Gasteiger partial charge in [-0.05, 0) is 136 Å². The van der Waals surface area contributed by atoms with Crippen molar-refractivity contribution < 1.29 is 0 Å². The van der Waals surface area contributed by atoms with Gasteiger partial charge in [-0.2, -0.15) is 0 Å². The Morgan fingerprint density at radius 2 is 1.11 bits per heavy atom. The van der Waals surface area contributed by atoms with E-state index in [1.807, 2.05) is 23.1 Å². The average Bonchev–Trinajstić information content (AvgIpc) is 4.19. The highest BCUT2D eigenvalue weighted by Gasteiger charge is 2.46. The minimum atomic E-state index is -0.0276. The first-order chi connectivity index (χ1) is 36.3. The second-order valence-corrected chi connectivity index (χ2v) is 26.1. The van der Waals surface area contributed by atoms with Crippen molar-refractivity contribution in [3.05, 3.63) is 199 Å². The predicted molar refractivity (Wildman–Crippen MR) is 323 cm³/mol. The summed E-state index contributed by atoms with van der Waals surface area (Å²) in [7, 11) is 0. The molecule has 0 unspecified atom stereocenters. The van der Waals surface area contributed by atoms with E-state index in [-0.39, 0.29) is 23.0 Å². The zero-order valence-corrected chi connectivity index (χ0v) is 45.1. The van der Waals surface area contributed by atoms with Crippen LogP contribution >= 0.6 is 23.1 Å². The number of aromatic nitrogens is 2. The number of hydrogen-bond acceptors (Lipinski definition) is 4. The van der Waals surface area contributed by atoms with Gasteiger partial charge in [-0.3, -0.25) is 0 Å². The molecule has 7 heteroatoms. The SMILES string of the molecule is CC(C)(C)c1ccc2sc3c(c2c1)N(c1ccc2c(c1)C(C)(C)CCC2(C)C)c1cc(N2c4ccccc4Sc4ccccc42)cc2c1B3c1cccc3c4ccc5c6ccccc6n(-c6ccccc6)c5c4n-2c13. The molecule has 12 aromatic rings. The van der Waals surface area contributed by atoms with Crippen LogP contribution in [0.2, 0.25) is 0 Å². The van der Waals surface area contributed by atoms with Crippen LogP contribution in [0, 0.1) is 0 Å². The summed E-state index contributed by atoms with van der Waals surface area (Å²) in [5.74, 6) is 0. The minimum Gasteiger partial charge on any atom is -0.310 e. The van der Waals surface area contributed by atoms with Gasteiger partial charge in [-0.1, -0.05) is 163 Å². The third kappa shape index (κ3) is 5.97. The van der Waals surface area contributed by atoms with Crippen LogP contribution in [0.5, 0.6) is 0 Å². The highest BCUT2D eigenvalue weighted by atomic mass is 32.2. The van der Waals surface area contributed by atoms with Crippen LogP contribution < -0.4 is 25.5 Å². The molecule has 0 saturated carbocycles. The molecule has 0 amide bonds. The number of fused-ring (bicyclic) bond motifs is 16. The van der Waals surface area contributed by atoms with Crippen LogP contribution in [0.3, 0.4) is 0 Å². The van der Waals surface area contributed by atoms with Crippen LogP contribution in [0.25, 0.3) is 65.1 Å². The van der Waals surface area contributed by atoms with Gasteiger partial charge < -0.3 is 18.9 Å². The zero-order valence-electron chi connectivity index (χ0n) is 43.4. The lowest BCUT2D eigenvalue weighted by molar-refractivity contribution is 0.332. The maximum absolute atomic E-state index is 2.72. The van der Waals surface area contributed by atoms with Crippen LogP contribution in [0.4, 0.5) is 34.1 Å². The Balaban J connectivity index is 1.11. The Morgan fingerprint density at radius 3 is 1.87 bits per heavy atom. The number of benzene rings is 9. The maximum Gasteiger partial charge on any atom is 0.264 e. The van der Waals surface area contributed by atoms with Crippen molar-refractivity contribution in [2.45, 2.75) is 87.3 Å². The lowest BCUT2D eigenvalue weighted by atomic mass is 9.36. The fourth-order valence-electron chi connectivity index (χ4n) is 13.9. The minimum absolute atomic E-state index is 0.00810. The summed E-state index contributed by atoms with van der Waals surface area (Å²) in [6.07, 6.45) is 2.33. The van der Waals surface area contributed by atoms with Crippen molar-refractivity contribution in [1.82, 2.24) is 9.13 Å². The summed E-state index contributed by atoms with van der Waals surface area (Å²) >= 11 is 3.87. The van der Waals surface area contributed by atoms with E-state index in [0.29, 0.717) is 0 Å². The molecule has 4 aliphatic rings. The molecule has 0 radical (unpaired) electrons. The molecule has 0 N–H and O–H groups in total. The van der Waals surface area contributed by atoms with Crippen molar-refractivity contribution in [2.75, 3.05) is 9.80 Å². The Morgan fingerprint density at radius 1 is 0.467 bits per heavy atom. The number of hydrogen-bond donors (Lipinski definition) is 0. The van der Waals surface area contributed by atoms with E-state index in [0.717, 1.165) is 17.8 Å². The van der Waals surface area contributed by atoms with E-state index in [1.165, 1.54) is 136 Å². The first-order valence-electron chi connectivity index (χ1n) is 26.8. The molecule has 16 rings (SSSR count). The van der Waals surface area contributed by atoms with Gasteiger partial charge in [0.05, 0.1) is 39.3 Å². The van der Waals surface area contributed by atoms with Gasteiger partial charge in [0, 0.05) is 74.5 Å². The molecule has 0 bridgehead atoms. The topological polar surface area (TPSA) is 16.3 Å². The van der Waals surface area contributed by atoms with Crippen LogP contribution in [-0.4, -0.2) is 15.8 Å². The molecule has 0 saturated heterocycles. The zero-order chi connectivity index (χ0) is 50.4. The van der Waals surface area contributed by atoms with Gasteiger partial charge in [-0.25, -0.2) is 0 Å². The number of anilines is 6. The van der Waals surface area contributed by atoms with Gasteiger partial charge >= 0.3 is 0 Å². The van der Waals surface area contributed by atoms with Gasteiger partial charge in [0.15, 0.2) is 0 Å². The van der Waals surface area contributed by atoms with E-state index in [4.69, 9.17) is 0 Å². The number of para-hydroxylation sites is 5. The fourth-order valence-corrected chi connectivity index (χ4v) is 16.2. The van der Waals surface area contributed by atoms with E-state index in [2.05, 4.69) is 249 Å². The summed E-state index contributed by atoms with van der Waals surface area (Å²) in [6, 6.07) is 70.0. The quantitative estimate of drug-likeness (QED) is 0.164. The molecule has 3 aromatic heterocycles. The van der Waals surface area contributed by atoms with E-state index < -0.39 is 0 Å². The Hall–Kier alpha value is -7.45. The summed E-state index contributed by atoms with van der Waals surface area (Å²) in [5, 5.41) is 6.40. The van der Waals surface area contributed by atoms with Crippen LogP contribution in [0.15, 0.2) is 192 Å². The van der Waals surface area contributed by atoms with E-state index in [1.54, 1.807) is 0 Å². The molecule has 0 atom stereocenters. The van der Waals surface area contributed by atoms with E-state index in [9.17, 15) is 0 Å². The first kappa shape index (κ1) is 43.9. The molecular weight excluding hydrogens is 948 g/mol. The van der Waals surface area contributed by atoms with Gasteiger partial charge in [0.25, 0.3) is 6.71 Å². The lowest BCUT2D eigenvalue weighted by Gasteiger charge is -2.44. The third-order valence-corrected chi connectivity index (χ3v) is 20.0. The Bertz CT molecular complexity index is 4420. The van der Waals surface area contributed by atoms with Crippen LogP contribution in [0.1, 0.15) is 78.0 Å². The largest absolute Gasteiger partial charge is 0.310 e. The van der Waals surface area contributed by atoms with E-state index >= 15 is 0 Å². The second kappa shape index (κ2) is 15.1. The van der Waals surface area contributed by atoms with Gasteiger partial charge in [0.1, 0.15) is 0 Å². The standard InChI is InChI=1S/C68H55BN4S2/c1-66(2,3)40-28-33-57-48(36-40)64-65(75-57)69-51-22-17-21-45-47-31-30-46-44-20-11-12-23-52(44)71(41-18-9-8-10-19-41)62(46)63(47)73(61(45)51)56-39-43(70-53-24-13-15-26-58(53)74-59-27-16-14-25-54(59)70)38-55(60(56)69)72(64)42-29-32-49-50(37-42)68(6,7)35-34-67(49,4)5/h8-33,36-39H,34-35H2,1-7H3. The maximum atomic E-state index is 2.72. The molecular formula is C68H55BN4S2. The molecule has 0 spiro atoms. The normalized spacial score (nSPS) is 15.9. The summed E-state index contributed by atoms with van der Waals surface area (Å²) < 4.78 is 7.98. The molecule has 362 valence electrons. The highest BCUT2D eigenvalue weighted by Crippen LogP contribution is 2.56. The summed E-state index contributed by atoms with van der Waals surface area (Å²) in [5.41, 5.74) is 21.8. The van der Waals surface area contributed by atoms with Crippen molar-refractivity contribution in [1.29, 1.82) is 0 Å². The fraction of sp³-hybridized carbons (Fsp3) is 0.176. The molecule has 9 aromatic carbocycles. The van der Waals surface area contributed by atoms with Gasteiger partial charge in [0.2, 0.25) is 0 Å². The molecule has 6 heterocycles. The highest BCUT2D eigenvalue weighted by molar-refractivity contribution is 7.99. The molecule has 4 nitrogen and oxygen atoms in total.